The van der Waals surface area contributed by atoms with E-state index in [0.29, 0.717) is 35.5 Å². The second-order valence-corrected chi connectivity index (χ2v) is 7.01. The summed E-state index contributed by atoms with van der Waals surface area (Å²) in [6, 6.07) is 10.3. The van der Waals surface area contributed by atoms with Crippen LogP contribution in [0.2, 0.25) is 0 Å². The van der Waals surface area contributed by atoms with E-state index in [2.05, 4.69) is 20.2 Å². The fraction of sp³-hybridized carbons (Fsp3) is 0.143. The molecule has 0 amide bonds. The van der Waals surface area contributed by atoms with Crippen molar-refractivity contribution >= 4 is 16.9 Å². The predicted molar refractivity (Wildman–Crippen MR) is 105 cm³/mol. The van der Waals surface area contributed by atoms with Crippen LogP contribution >= 0.6 is 0 Å². The zero-order chi connectivity index (χ0) is 20.0. The maximum Gasteiger partial charge on any atom is 0.335 e. The Morgan fingerprint density at radius 3 is 2.86 bits per heavy atom. The fourth-order valence-electron chi connectivity index (χ4n) is 3.64. The van der Waals surface area contributed by atoms with Crippen molar-refractivity contribution in [3.63, 3.8) is 0 Å². The van der Waals surface area contributed by atoms with Crippen LogP contribution in [-0.4, -0.2) is 37.8 Å². The third-order valence-corrected chi connectivity index (χ3v) is 5.16. The molecule has 1 unspecified atom stereocenters. The first-order valence-corrected chi connectivity index (χ1v) is 9.10. The molecule has 8 heteroatoms. The summed E-state index contributed by atoms with van der Waals surface area (Å²) in [5.74, 6) is 0.0434. The predicted octanol–water partition coefficient (Wildman–Crippen LogP) is 2.73. The van der Waals surface area contributed by atoms with Crippen molar-refractivity contribution < 1.29 is 14.6 Å². The molecule has 0 spiro atoms. The van der Waals surface area contributed by atoms with Gasteiger partial charge in [0, 0.05) is 11.8 Å². The van der Waals surface area contributed by atoms with Crippen molar-refractivity contribution in [2.75, 3.05) is 6.61 Å². The summed E-state index contributed by atoms with van der Waals surface area (Å²) in [7, 11) is 0. The highest BCUT2D eigenvalue weighted by Gasteiger charge is 2.25. The summed E-state index contributed by atoms with van der Waals surface area (Å²) in [6.07, 6.45) is 4.00. The molecule has 1 aliphatic rings. The van der Waals surface area contributed by atoms with Crippen LogP contribution < -0.4 is 10.3 Å². The van der Waals surface area contributed by atoms with E-state index in [1.807, 2.05) is 12.1 Å². The zero-order valence-corrected chi connectivity index (χ0v) is 15.2. The van der Waals surface area contributed by atoms with Crippen LogP contribution in [0.4, 0.5) is 0 Å². The molecule has 3 N–H and O–H groups in total. The lowest BCUT2D eigenvalue weighted by Gasteiger charge is -2.25. The minimum absolute atomic E-state index is 0.169. The largest absolute Gasteiger partial charge is 0.493 e. The van der Waals surface area contributed by atoms with E-state index in [0.717, 1.165) is 16.7 Å². The summed E-state index contributed by atoms with van der Waals surface area (Å²) in [6.45, 7) is 0.362. The summed E-state index contributed by atoms with van der Waals surface area (Å²) in [5, 5.41) is 16.4. The van der Waals surface area contributed by atoms with Gasteiger partial charge in [0.1, 0.15) is 11.6 Å². The van der Waals surface area contributed by atoms with Crippen LogP contribution in [-0.2, 0) is 6.42 Å². The Morgan fingerprint density at radius 2 is 2.07 bits per heavy atom. The van der Waals surface area contributed by atoms with Gasteiger partial charge in [-0.25, -0.2) is 9.78 Å². The Hall–Kier alpha value is -3.94. The van der Waals surface area contributed by atoms with Gasteiger partial charge in [0.25, 0.3) is 5.56 Å². The van der Waals surface area contributed by atoms with Crippen molar-refractivity contribution in [3.05, 3.63) is 76.1 Å². The Labute approximate surface area is 164 Å². The number of benzene rings is 2. The smallest absolute Gasteiger partial charge is 0.335 e. The number of aromatic carboxylic acids is 1. The summed E-state index contributed by atoms with van der Waals surface area (Å²) in [4.78, 5) is 31.5. The number of H-pyrrole nitrogens is 2. The van der Waals surface area contributed by atoms with E-state index in [9.17, 15) is 14.7 Å². The van der Waals surface area contributed by atoms with Gasteiger partial charge in [0.05, 0.1) is 35.2 Å². The fourth-order valence-corrected chi connectivity index (χ4v) is 3.64. The molecule has 2 aromatic carbocycles. The molecule has 1 aliphatic heterocycles. The van der Waals surface area contributed by atoms with Crippen molar-refractivity contribution in [1.29, 1.82) is 0 Å². The van der Waals surface area contributed by atoms with Gasteiger partial charge in [-0.1, -0.05) is 6.07 Å². The van der Waals surface area contributed by atoms with Gasteiger partial charge >= 0.3 is 5.97 Å². The van der Waals surface area contributed by atoms with E-state index in [-0.39, 0.29) is 17.0 Å². The average Bonchev–Trinajstić information content (AvgIpc) is 3.27. The maximum absolute atomic E-state index is 12.7. The van der Waals surface area contributed by atoms with Gasteiger partial charge in [-0.3, -0.25) is 9.89 Å². The number of carboxylic acid groups (broad SMARTS) is 1. The van der Waals surface area contributed by atoms with E-state index in [4.69, 9.17) is 4.74 Å². The third kappa shape index (κ3) is 3.04. The first-order valence-electron chi connectivity index (χ1n) is 9.10. The minimum atomic E-state index is -0.986. The first kappa shape index (κ1) is 17.2. The van der Waals surface area contributed by atoms with Gasteiger partial charge in [-0.2, -0.15) is 5.10 Å². The van der Waals surface area contributed by atoms with Crippen LogP contribution in [0, 0.1) is 0 Å². The number of rotatable bonds is 3. The van der Waals surface area contributed by atoms with Gasteiger partial charge in [-0.05, 0) is 47.9 Å². The normalized spacial score (nSPS) is 15.7. The number of carboxylic acids is 1. The minimum Gasteiger partial charge on any atom is -0.493 e. The molecule has 0 radical (unpaired) electrons. The number of carbonyl (C=O) groups is 1. The molecule has 144 valence electrons. The zero-order valence-electron chi connectivity index (χ0n) is 15.2. The average molecular weight is 388 g/mol. The Kier molecular flexibility index (Phi) is 3.90. The number of hydrogen-bond donors (Lipinski definition) is 3. The number of ether oxygens (including phenoxy) is 1. The van der Waals surface area contributed by atoms with Gasteiger partial charge in [0.2, 0.25) is 0 Å². The lowest BCUT2D eigenvalue weighted by Crippen LogP contribution is -2.24. The summed E-state index contributed by atoms with van der Waals surface area (Å²) < 4.78 is 5.78. The van der Waals surface area contributed by atoms with Crippen LogP contribution in [0.25, 0.3) is 22.0 Å². The highest BCUT2D eigenvalue weighted by molar-refractivity contribution is 5.88. The number of aromatic nitrogens is 4. The Bertz CT molecular complexity index is 1290. The molecule has 0 bridgehead atoms. The second-order valence-electron chi connectivity index (χ2n) is 7.01. The number of fused-ring (bicyclic) bond motifs is 2. The molecule has 2 aromatic heterocycles. The van der Waals surface area contributed by atoms with Crippen LogP contribution in [0.3, 0.4) is 0 Å². The summed E-state index contributed by atoms with van der Waals surface area (Å²) >= 11 is 0. The number of nitrogens with one attached hydrogen (secondary N) is 2. The molecular weight excluding hydrogens is 372 g/mol. The second kappa shape index (κ2) is 6.59. The number of aromatic amines is 2. The Morgan fingerprint density at radius 1 is 1.17 bits per heavy atom. The lowest BCUT2D eigenvalue weighted by atomic mass is 9.94. The van der Waals surface area contributed by atoms with E-state index >= 15 is 0 Å². The highest BCUT2D eigenvalue weighted by atomic mass is 16.5. The first-order chi connectivity index (χ1) is 14.1. The number of hydrogen-bond acceptors (Lipinski definition) is 5. The van der Waals surface area contributed by atoms with Crippen LogP contribution in [0.15, 0.2) is 53.6 Å². The Balaban J connectivity index is 1.51. The quantitative estimate of drug-likeness (QED) is 0.496. The molecule has 5 rings (SSSR count). The molecule has 1 atom stereocenters. The number of nitrogens with zero attached hydrogens (tertiary/aromatic N) is 2. The monoisotopic (exact) mass is 388 g/mol. The van der Waals surface area contributed by atoms with Gasteiger partial charge < -0.3 is 14.8 Å². The van der Waals surface area contributed by atoms with Crippen molar-refractivity contribution in [1.82, 2.24) is 20.2 Å². The van der Waals surface area contributed by atoms with Crippen molar-refractivity contribution in [2.24, 2.45) is 0 Å². The lowest BCUT2D eigenvalue weighted by molar-refractivity contribution is 0.0696. The molecule has 29 heavy (non-hydrogen) atoms. The van der Waals surface area contributed by atoms with Crippen LogP contribution in [0.1, 0.15) is 27.7 Å². The van der Waals surface area contributed by atoms with Gasteiger partial charge in [-0.15, -0.1) is 0 Å². The van der Waals surface area contributed by atoms with E-state index in [1.165, 1.54) is 6.07 Å². The van der Waals surface area contributed by atoms with Crippen LogP contribution in [0.5, 0.6) is 5.75 Å². The molecule has 8 nitrogen and oxygen atoms in total. The molecule has 4 aromatic rings. The third-order valence-electron chi connectivity index (χ3n) is 5.16. The molecule has 3 heterocycles. The van der Waals surface area contributed by atoms with Crippen molar-refractivity contribution in [2.45, 2.75) is 12.3 Å². The highest BCUT2D eigenvalue weighted by Crippen LogP contribution is 2.32. The van der Waals surface area contributed by atoms with E-state index < -0.39 is 5.97 Å². The topological polar surface area (TPSA) is 121 Å². The maximum atomic E-state index is 12.7. The van der Waals surface area contributed by atoms with Gasteiger partial charge in [0.15, 0.2) is 0 Å². The molecule has 0 fully saturated rings. The standard InChI is InChI=1S/C21H16N4O4/c26-20-16-7-11(15-8-22-23-9-15)1-3-17(16)24-19(25-20)14-6-13-5-12(21(27)28)2-4-18(13)29-10-14/h1-5,7-9,14H,6,10H2,(H,22,23)(H,27,28)(H,24,25,26). The van der Waals surface area contributed by atoms with Crippen molar-refractivity contribution in [3.8, 4) is 16.9 Å². The molecule has 0 saturated heterocycles. The summed E-state index contributed by atoms with van der Waals surface area (Å²) in [5.41, 5.74) is 3.14. The molecule has 0 aliphatic carbocycles. The van der Waals surface area contributed by atoms with E-state index in [1.54, 1.807) is 30.6 Å². The molecular formula is C21H16N4O4. The SMILES string of the molecule is O=C(O)c1ccc2c(c1)CC(c1nc3ccc(-c4cn[nH]c4)cc3c(=O)[nH]1)CO2. The molecule has 0 saturated carbocycles.